The van der Waals surface area contributed by atoms with Gasteiger partial charge in [0.25, 0.3) is 0 Å². The summed E-state index contributed by atoms with van der Waals surface area (Å²) in [6.07, 6.45) is 1.59. The van der Waals surface area contributed by atoms with E-state index in [-0.39, 0.29) is 5.75 Å². The average molecular weight is 567 g/mol. The molecule has 0 saturated heterocycles. The van der Waals surface area contributed by atoms with E-state index >= 15 is 0 Å². The fraction of sp³-hybridized carbons (Fsp3) is 0.182. The Morgan fingerprint density at radius 2 is 2.00 bits per heavy atom. The molecule has 2 aromatic carbocycles. The monoisotopic (exact) mass is 565 g/mol. The number of ether oxygens (including phenoxy) is 2. The molecular formula is C22H21Br2N3O3S. The Hall–Kier alpha value is -2.36. The molecule has 0 atom stereocenters. The van der Waals surface area contributed by atoms with E-state index in [2.05, 4.69) is 48.5 Å². The molecule has 0 radical (unpaired) electrons. The van der Waals surface area contributed by atoms with E-state index in [1.165, 1.54) is 11.3 Å². The number of nitrogens with zero attached hydrogens (tertiary/aromatic N) is 3. The zero-order valence-electron chi connectivity index (χ0n) is 17.2. The van der Waals surface area contributed by atoms with Crippen molar-refractivity contribution in [2.45, 2.75) is 6.92 Å². The van der Waals surface area contributed by atoms with Crippen LogP contribution in [0.25, 0.3) is 11.3 Å². The van der Waals surface area contributed by atoms with Gasteiger partial charge in [-0.25, -0.2) is 4.68 Å². The third-order valence-electron chi connectivity index (χ3n) is 4.22. The molecule has 1 aromatic heterocycles. The summed E-state index contributed by atoms with van der Waals surface area (Å²) < 4.78 is 14.1. The van der Waals surface area contributed by atoms with Crippen molar-refractivity contribution in [2.24, 2.45) is 10.1 Å². The fourth-order valence-electron chi connectivity index (χ4n) is 2.73. The van der Waals surface area contributed by atoms with Gasteiger partial charge in [-0.1, -0.05) is 28.1 Å². The lowest BCUT2D eigenvalue weighted by Crippen LogP contribution is -2.13. The van der Waals surface area contributed by atoms with Crippen LogP contribution in [-0.2, 0) is 0 Å². The van der Waals surface area contributed by atoms with E-state index in [4.69, 9.17) is 9.47 Å². The Balaban J connectivity index is 2.20. The summed E-state index contributed by atoms with van der Waals surface area (Å²) in [6.45, 7) is 6.33. The number of aromatic hydroxyl groups is 1. The highest BCUT2D eigenvalue weighted by Gasteiger charge is 2.14. The normalized spacial score (nSPS) is 11.8. The van der Waals surface area contributed by atoms with E-state index in [0.717, 1.165) is 21.3 Å². The van der Waals surface area contributed by atoms with Gasteiger partial charge in [0.05, 0.1) is 37.1 Å². The van der Waals surface area contributed by atoms with Gasteiger partial charge in [-0.2, -0.15) is 5.10 Å². The fourth-order valence-corrected chi connectivity index (χ4v) is 4.81. The molecule has 162 valence electrons. The van der Waals surface area contributed by atoms with Crippen LogP contribution in [0.2, 0.25) is 0 Å². The van der Waals surface area contributed by atoms with Gasteiger partial charge < -0.3 is 14.6 Å². The lowest BCUT2D eigenvalue weighted by molar-refractivity contribution is 0.404. The molecule has 0 aliphatic rings. The molecule has 0 bridgehead atoms. The van der Waals surface area contributed by atoms with Crippen molar-refractivity contribution < 1.29 is 14.6 Å². The topological polar surface area (TPSA) is 68.3 Å². The van der Waals surface area contributed by atoms with Crippen molar-refractivity contribution >= 4 is 49.4 Å². The minimum atomic E-state index is 0.101. The van der Waals surface area contributed by atoms with Crippen LogP contribution < -0.4 is 14.3 Å². The number of phenols is 1. The van der Waals surface area contributed by atoms with E-state index in [1.54, 1.807) is 37.2 Å². The second-order valence-corrected chi connectivity index (χ2v) is 9.23. The third kappa shape index (κ3) is 5.47. The first kappa shape index (κ1) is 23.3. The number of hydrogen-bond donors (Lipinski definition) is 1. The second-order valence-electron chi connectivity index (χ2n) is 6.62. The lowest BCUT2D eigenvalue weighted by atomic mass is 10.1. The SMILES string of the molecule is C=C(C)CN=c1scc(-c2cc(OC)ccc2OC)n1N=Cc1cc(Br)cc(Br)c1O. The molecule has 9 heteroatoms. The standard InChI is InChI=1S/C22H21Br2N3O3S/c1-13(2)10-25-22-27(26-11-14-7-15(23)8-18(24)21(14)28)19(12-31-22)17-9-16(29-3)5-6-20(17)30-4/h5-9,11-12,28H,1,10H2,2-4H3. The molecule has 1 heterocycles. The molecule has 0 fully saturated rings. The molecular weight excluding hydrogens is 546 g/mol. The number of rotatable bonds is 7. The Kier molecular flexibility index (Phi) is 7.74. The predicted molar refractivity (Wildman–Crippen MR) is 133 cm³/mol. The predicted octanol–water partition coefficient (Wildman–Crippen LogP) is 5.82. The van der Waals surface area contributed by atoms with Crippen molar-refractivity contribution in [1.82, 2.24) is 4.68 Å². The van der Waals surface area contributed by atoms with Gasteiger partial charge in [0.2, 0.25) is 4.80 Å². The van der Waals surface area contributed by atoms with Crippen molar-refractivity contribution in [3.63, 3.8) is 0 Å². The largest absolute Gasteiger partial charge is 0.506 e. The van der Waals surface area contributed by atoms with Gasteiger partial charge in [0.15, 0.2) is 0 Å². The maximum absolute atomic E-state index is 10.4. The minimum Gasteiger partial charge on any atom is -0.506 e. The molecule has 31 heavy (non-hydrogen) atoms. The summed E-state index contributed by atoms with van der Waals surface area (Å²) >= 11 is 8.25. The molecule has 0 aliphatic carbocycles. The van der Waals surface area contributed by atoms with Crippen LogP contribution in [0.5, 0.6) is 17.2 Å². The van der Waals surface area contributed by atoms with Crippen molar-refractivity contribution in [1.29, 1.82) is 0 Å². The molecule has 0 saturated carbocycles. The van der Waals surface area contributed by atoms with Crippen LogP contribution in [0.1, 0.15) is 12.5 Å². The van der Waals surface area contributed by atoms with E-state index in [9.17, 15) is 5.11 Å². The molecule has 6 nitrogen and oxygen atoms in total. The number of phenolic OH excluding ortho intramolecular Hbond substituents is 1. The van der Waals surface area contributed by atoms with Crippen LogP contribution >= 0.6 is 43.2 Å². The smallest absolute Gasteiger partial charge is 0.206 e. The van der Waals surface area contributed by atoms with Crippen LogP contribution in [0.4, 0.5) is 0 Å². The second kappa shape index (κ2) is 10.3. The highest BCUT2D eigenvalue weighted by molar-refractivity contribution is 9.11. The first-order chi connectivity index (χ1) is 14.8. The summed E-state index contributed by atoms with van der Waals surface area (Å²) in [7, 11) is 3.24. The van der Waals surface area contributed by atoms with Gasteiger partial charge in [0, 0.05) is 21.0 Å². The summed E-state index contributed by atoms with van der Waals surface area (Å²) in [6, 6.07) is 9.13. The highest BCUT2D eigenvalue weighted by Crippen LogP contribution is 2.34. The Morgan fingerprint density at radius 1 is 1.23 bits per heavy atom. The van der Waals surface area contributed by atoms with Crippen molar-refractivity contribution in [3.8, 4) is 28.5 Å². The van der Waals surface area contributed by atoms with Crippen molar-refractivity contribution in [3.05, 3.63) is 67.2 Å². The maximum atomic E-state index is 10.4. The third-order valence-corrected chi connectivity index (χ3v) is 6.14. The quantitative estimate of drug-likeness (QED) is 0.289. The Bertz CT molecular complexity index is 1220. The van der Waals surface area contributed by atoms with Crippen LogP contribution in [0.15, 0.2) is 66.9 Å². The van der Waals surface area contributed by atoms with Gasteiger partial charge >= 0.3 is 0 Å². The molecule has 1 N–H and O–H groups in total. The number of hydrogen-bond acceptors (Lipinski definition) is 6. The van der Waals surface area contributed by atoms with Gasteiger partial charge in [-0.3, -0.25) is 4.99 Å². The molecule has 0 aliphatic heterocycles. The first-order valence-electron chi connectivity index (χ1n) is 9.14. The summed E-state index contributed by atoms with van der Waals surface area (Å²) in [5, 5.41) is 17.0. The van der Waals surface area contributed by atoms with E-state index < -0.39 is 0 Å². The van der Waals surface area contributed by atoms with Crippen LogP contribution in [0.3, 0.4) is 0 Å². The summed E-state index contributed by atoms with van der Waals surface area (Å²) in [4.78, 5) is 5.32. The Labute approximate surface area is 201 Å². The number of benzene rings is 2. The van der Waals surface area contributed by atoms with Gasteiger partial charge in [0.1, 0.15) is 17.2 Å². The van der Waals surface area contributed by atoms with Crippen LogP contribution in [0, 0.1) is 0 Å². The zero-order valence-corrected chi connectivity index (χ0v) is 21.2. The number of thiazole rings is 1. The zero-order chi connectivity index (χ0) is 22.5. The number of aromatic nitrogens is 1. The molecule has 0 spiro atoms. The number of methoxy groups -OCH3 is 2. The van der Waals surface area contributed by atoms with E-state index in [1.807, 2.05) is 30.5 Å². The van der Waals surface area contributed by atoms with Gasteiger partial charge in [-0.15, -0.1) is 11.3 Å². The Morgan fingerprint density at radius 3 is 2.68 bits per heavy atom. The molecule has 3 aromatic rings. The number of halogens is 2. The van der Waals surface area contributed by atoms with Crippen molar-refractivity contribution in [2.75, 3.05) is 20.8 Å². The van der Waals surface area contributed by atoms with Crippen LogP contribution in [-0.4, -0.2) is 36.8 Å². The van der Waals surface area contributed by atoms with Gasteiger partial charge in [-0.05, 0) is 53.2 Å². The molecule has 3 rings (SSSR count). The average Bonchev–Trinajstić information content (AvgIpc) is 3.15. The lowest BCUT2D eigenvalue weighted by Gasteiger charge is -2.11. The molecule has 0 amide bonds. The molecule has 0 unspecified atom stereocenters. The summed E-state index contributed by atoms with van der Waals surface area (Å²) in [5.74, 6) is 1.48. The summed E-state index contributed by atoms with van der Waals surface area (Å²) in [5.41, 5.74) is 3.09. The highest BCUT2D eigenvalue weighted by atomic mass is 79.9. The minimum absolute atomic E-state index is 0.101. The first-order valence-corrected chi connectivity index (χ1v) is 11.6. The maximum Gasteiger partial charge on any atom is 0.206 e. The van der Waals surface area contributed by atoms with E-state index in [0.29, 0.717) is 32.9 Å².